The Labute approximate surface area is 63.5 Å². The van der Waals surface area contributed by atoms with Gasteiger partial charge in [-0.05, 0) is 26.8 Å². The summed E-state index contributed by atoms with van der Waals surface area (Å²) in [5.41, 5.74) is 5.70. The monoisotopic (exact) mass is 142 g/mol. The van der Waals surface area contributed by atoms with Gasteiger partial charge in [0.15, 0.2) is 0 Å². The highest BCUT2D eigenvalue weighted by molar-refractivity contribution is 4.75. The Balaban J connectivity index is 3.12. The summed E-state index contributed by atoms with van der Waals surface area (Å²) in [7, 11) is 0. The molecule has 0 saturated carbocycles. The predicted octanol–water partition coefficient (Wildman–Crippen LogP) is 0.889. The van der Waals surface area contributed by atoms with Crippen molar-refractivity contribution < 1.29 is 0 Å². The van der Waals surface area contributed by atoms with Gasteiger partial charge in [-0.25, -0.2) is 0 Å². The first-order valence-corrected chi connectivity index (χ1v) is 3.67. The highest BCUT2D eigenvalue weighted by Gasteiger charge is 2.08. The molecule has 0 aliphatic heterocycles. The topological polar surface area (TPSA) is 38.0 Å². The molecular formula is C8H18N2. The van der Waals surface area contributed by atoms with Crippen LogP contribution in [0.15, 0.2) is 12.7 Å². The summed E-state index contributed by atoms with van der Waals surface area (Å²) in [6.07, 6.45) is 2.85. The van der Waals surface area contributed by atoms with E-state index in [1.807, 2.05) is 19.9 Å². The Morgan fingerprint density at radius 3 is 2.60 bits per heavy atom. The highest BCUT2D eigenvalue weighted by Crippen LogP contribution is 2.00. The van der Waals surface area contributed by atoms with Gasteiger partial charge in [-0.2, -0.15) is 0 Å². The largest absolute Gasteiger partial charge is 0.326 e. The lowest BCUT2D eigenvalue weighted by Gasteiger charge is -2.17. The molecule has 0 aliphatic carbocycles. The molecule has 0 saturated heterocycles. The second kappa shape index (κ2) is 4.47. The van der Waals surface area contributed by atoms with Crippen LogP contribution in [0.3, 0.4) is 0 Å². The third-order valence-electron chi connectivity index (χ3n) is 1.23. The summed E-state index contributed by atoms with van der Waals surface area (Å²) in [5, 5.41) is 3.19. The molecule has 0 fully saturated rings. The SMILES string of the molecule is C=CCNCCC(C)(C)N. The number of rotatable bonds is 5. The lowest BCUT2D eigenvalue weighted by atomic mass is 10.0. The summed E-state index contributed by atoms with van der Waals surface area (Å²) in [5.74, 6) is 0. The van der Waals surface area contributed by atoms with Crippen LogP contribution in [-0.4, -0.2) is 18.6 Å². The average Bonchev–Trinajstić information content (AvgIpc) is 1.78. The Morgan fingerprint density at radius 1 is 1.60 bits per heavy atom. The number of nitrogens with one attached hydrogen (secondary N) is 1. The fourth-order valence-corrected chi connectivity index (χ4v) is 0.615. The molecule has 0 aromatic heterocycles. The summed E-state index contributed by atoms with van der Waals surface area (Å²) < 4.78 is 0. The molecule has 0 rings (SSSR count). The molecule has 0 aromatic rings. The summed E-state index contributed by atoms with van der Waals surface area (Å²) >= 11 is 0. The van der Waals surface area contributed by atoms with E-state index in [0.717, 1.165) is 19.5 Å². The van der Waals surface area contributed by atoms with Gasteiger partial charge < -0.3 is 11.1 Å². The van der Waals surface area contributed by atoms with Crippen LogP contribution in [-0.2, 0) is 0 Å². The second-order valence-electron chi connectivity index (χ2n) is 3.23. The zero-order valence-electron chi connectivity index (χ0n) is 6.98. The second-order valence-corrected chi connectivity index (χ2v) is 3.23. The van der Waals surface area contributed by atoms with E-state index in [-0.39, 0.29) is 5.54 Å². The van der Waals surface area contributed by atoms with Crippen molar-refractivity contribution in [2.24, 2.45) is 5.73 Å². The van der Waals surface area contributed by atoms with E-state index >= 15 is 0 Å². The van der Waals surface area contributed by atoms with Crippen LogP contribution in [0.5, 0.6) is 0 Å². The normalized spacial score (nSPS) is 11.5. The summed E-state index contributed by atoms with van der Waals surface area (Å²) in [6, 6.07) is 0. The first kappa shape index (κ1) is 9.66. The van der Waals surface area contributed by atoms with Gasteiger partial charge in [0.1, 0.15) is 0 Å². The molecule has 60 valence electrons. The van der Waals surface area contributed by atoms with Crippen LogP contribution in [0, 0.1) is 0 Å². The van der Waals surface area contributed by atoms with E-state index in [9.17, 15) is 0 Å². The van der Waals surface area contributed by atoms with Crippen molar-refractivity contribution in [3.8, 4) is 0 Å². The van der Waals surface area contributed by atoms with Gasteiger partial charge in [-0.15, -0.1) is 6.58 Å². The Bertz CT molecular complexity index is 91.9. The molecule has 10 heavy (non-hydrogen) atoms. The van der Waals surface area contributed by atoms with Gasteiger partial charge in [0.05, 0.1) is 0 Å². The maximum atomic E-state index is 5.75. The van der Waals surface area contributed by atoms with E-state index < -0.39 is 0 Å². The van der Waals surface area contributed by atoms with E-state index in [2.05, 4.69) is 11.9 Å². The zero-order chi connectivity index (χ0) is 8.04. The van der Waals surface area contributed by atoms with Gasteiger partial charge in [-0.3, -0.25) is 0 Å². The van der Waals surface area contributed by atoms with Crippen LogP contribution >= 0.6 is 0 Å². The van der Waals surface area contributed by atoms with Crippen molar-refractivity contribution in [1.82, 2.24) is 5.32 Å². The summed E-state index contributed by atoms with van der Waals surface area (Å²) in [4.78, 5) is 0. The Kier molecular flexibility index (Phi) is 4.32. The zero-order valence-corrected chi connectivity index (χ0v) is 6.98. The number of hydrogen-bond donors (Lipinski definition) is 2. The Hall–Kier alpha value is -0.340. The van der Waals surface area contributed by atoms with Crippen LogP contribution in [0.4, 0.5) is 0 Å². The summed E-state index contributed by atoms with van der Waals surface area (Å²) in [6.45, 7) is 9.50. The molecule has 0 amide bonds. The molecule has 3 N–H and O–H groups in total. The van der Waals surface area contributed by atoms with Crippen molar-refractivity contribution >= 4 is 0 Å². The standard InChI is InChI=1S/C8H18N2/c1-4-6-10-7-5-8(2,3)9/h4,10H,1,5-7,9H2,2-3H3. The van der Waals surface area contributed by atoms with Gasteiger partial charge >= 0.3 is 0 Å². The lowest BCUT2D eigenvalue weighted by molar-refractivity contribution is 0.462. The minimum Gasteiger partial charge on any atom is -0.326 e. The van der Waals surface area contributed by atoms with Crippen LogP contribution < -0.4 is 11.1 Å². The number of hydrogen-bond acceptors (Lipinski definition) is 2. The molecule has 2 nitrogen and oxygen atoms in total. The molecule has 0 bridgehead atoms. The quantitative estimate of drug-likeness (QED) is 0.442. The molecule has 0 aromatic carbocycles. The molecule has 0 atom stereocenters. The fourth-order valence-electron chi connectivity index (χ4n) is 0.615. The molecular weight excluding hydrogens is 124 g/mol. The van der Waals surface area contributed by atoms with Crippen LogP contribution in [0.25, 0.3) is 0 Å². The van der Waals surface area contributed by atoms with Crippen LogP contribution in [0.2, 0.25) is 0 Å². The van der Waals surface area contributed by atoms with Crippen molar-refractivity contribution in [3.05, 3.63) is 12.7 Å². The number of nitrogens with two attached hydrogens (primary N) is 1. The fraction of sp³-hybridized carbons (Fsp3) is 0.750. The minimum absolute atomic E-state index is 0.0475. The first-order chi connectivity index (χ1) is 4.56. The Morgan fingerprint density at radius 2 is 2.20 bits per heavy atom. The van der Waals surface area contributed by atoms with Crippen molar-refractivity contribution in [2.75, 3.05) is 13.1 Å². The maximum Gasteiger partial charge on any atom is 0.0132 e. The minimum atomic E-state index is -0.0475. The van der Waals surface area contributed by atoms with Gasteiger partial charge in [0.25, 0.3) is 0 Å². The molecule has 0 heterocycles. The van der Waals surface area contributed by atoms with Crippen molar-refractivity contribution in [2.45, 2.75) is 25.8 Å². The van der Waals surface area contributed by atoms with Gasteiger partial charge in [0.2, 0.25) is 0 Å². The van der Waals surface area contributed by atoms with Gasteiger partial charge in [0, 0.05) is 12.1 Å². The van der Waals surface area contributed by atoms with Crippen molar-refractivity contribution in [3.63, 3.8) is 0 Å². The predicted molar refractivity (Wildman–Crippen MR) is 46.0 cm³/mol. The molecule has 0 spiro atoms. The highest BCUT2D eigenvalue weighted by atomic mass is 14.9. The average molecular weight is 142 g/mol. The molecule has 0 aliphatic rings. The van der Waals surface area contributed by atoms with Gasteiger partial charge in [-0.1, -0.05) is 6.08 Å². The third-order valence-corrected chi connectivity index (χ3v) is 1.23. The molecule has 2 heteroatoms. The smallest absolute Gasteiger partial charge is 0.0132 e. The van der Waals surface area contributed by atoms with E-state index in [1.54, 1.807) is 0 Å². The third kappa shape index (κ3) is 7.66. The van der Waals surface area contributed by atoms with E-state index in [4.69, 9.17) is 5.73 Å². The molecule has 0 unspecified atom stereocenters. The maximum absolute atomic E-state index is 5.75. The molecule has 0 radical (unpaired) electrons. The van der Waals surface area contributed by atoms with E-state index in [0.29, 0.717) is 0 Å². The van der Waals surface area contributed by atoms with Crippen LogP contribution in [0.1, 0.15) is 20.3 Å². The lowest BCUT2D eigenvalue weighted by Crippen LogP contribution is -2.35. The first-order valence-electron chi connectivity index (χ1n) is 3.67. The van der Waals surface area contributed by atoms with E-state index in [1.165, 1.54) is 0 Å². The van der Waals surface area contributed by atoms with Crippen molar-refractivity contribution in [1.29, 1.82) is 0 Å².